The van der Waals surface area contributed by atoms with Crippen molar-refractivity contribution >= 4 is 34.7 Å². The molecule has 0 atom stereocenters. The Balaban J connectivity index is 1.94. The van der Waals surface area contributed by atoms with Gasteiger partial charge in [-0.25, -0.2) is 0 Å². The summed E-state index contributed by atoms with van der Waals surface area (Å²) in [5, 5.41) is 5.68. The number of ketones is 1. The van der Waals surface area contributed by atoms with Crippen LogP contribution < -0.4 is 15.4 Å². The first-order valence-corrected chi connectivity index (χ1v) is 8.36. The average molecular weight is 356 g/mol. The highest BCUT2D eigenvalue weighted by molar-refractivity contribution is 7.80. The van der Waals surface area contributed by atoms with Crippen LogP contribution in [0, 0.1) is 0 Å². The number of carbonyl (C=O) groups is 2. The third kappa shape index (κ3) is 5.69. The van der Waals surface area contributed by atoms with Crippen LogP contribution in [0.4, 0.5) is 5.69 Å². The summed E-state index contributed by atoms with van der Waals surface area (Å²) in [6.07, 6.45) is 0.924. The van der Waals surface area contributed by atoms with Crippen LogP contribution in [0.1, 0.15) is 41.0 Å². The summed E-state index contributed by atoms with van der Waals surface area (Å²) >= 11 is 5.15. The third-order valence-corrected chi connectivity index (χ3v) is 3.55. The second kappa shape index (κ2) is 8.94. The lowest BCUT2D eigenvalue weighted by molar-refractivity contribution is 0.0975. The monoisotopic (exact) mass is 356 g/mol. The van der Waals surface area contributed by atoms with Gasteiger partial charge in [0, 0.05) is 16.8 Å². The summed E-state index contributed by atoms with van der Waals surface area (Å²) in [5.41, 5.74) is 1.69. The van der Waals surface area contributed by atoms with Crippen molar-refractivity contribution in [2.75, 3.05) is 11.9 Å². The zero-order valence-electron chi connectivity index (χ0n) is 14.2. The maximum absolute atomic E-state index is 12.2. The first-order chi connectivity index (χ1) is 12.0. The molecular formula is C19H20N2O3S. The van der Waals surface area contributed by atoms with Crippen molar-refractivity contribution in [2.45, 2.75) is 20.3 Å². The van der Waals surface area contributed by atoms with Crippen LogP contribution in [-0.2, 0) is 0 Å². The lowest BCUT2D eigenvalue weighted by Gasteiger charge is -2.11. The maximum Gasteiger partial charge on any atom is 0.257 e. The predicted molar refractivity (Wildman–Crippen MR) is 102 cm³/mol. The van der Waals surface area contributed by atoms with Crippen LogP contribution in [0.5, 0.6) is 5.75 Å². The number of benzene rings is 2. The molecule has 1 amide bonds. The van der Waals surface area contributed by atoms with Crippen LogP contribution >= 0.6 is 12.2 Å². The number of hydrogen-bond donors (Lipinski definition) is 2. The molecule has 0 bridgehead atoms. The molecule has 5 nitrogen and oxygen atoms in total. The van der Waals surface area contributed by atoms with E-state index in [1.54, 1.807) is 48.5 Å². The van der Waals surface area contributed by atoms with Gasteiger partial charge in [0.1, 0.15) is 5.75 Å². The van der Waals surface area contributed by atoms with Gasteiger partial charge in [0.15, 0.2) is 10.9 Å². The van der Waals surface area contributed by atoms with Gasteiger partial charge in [0.05, 0.1) is 6.61 Å². The molecule has 0 fully saturated rings. The topological polar surface area (TPSA) is 67.4 Å². The molecule has 0 aliphatic heterocycles. The second-order valence-corrected chi connectivity index (χ2v) is 5.83. The normalized spacial score (nSPS) is 10.0. The average Bonchev–Trinajstić information content (AvgIpc) is 2.60. The van der Waals surface area contributed by atoms with Gasteiger partial charge in [0.25, 0.3) is 5.91 Å². The summed E-state index contributed by atoms with van der Waals surface area (Å²) in [6, 6.07) is 13.8. The van der Waals surface area contributed by atoms with Crippen molar-refractivity contribution in [1.82, 2.24) is 5.32 Å². The van der Waals surface area contributed by atoms with E-state index in [0.717, 1.165) is 12.2 Å². The molecule has 0 saturated heterocycles. The second-order valence-electron chi connectivity index (χ2n) is 5.42. The highest BCUT2D eigenvalue weighted by Crippen LogP contribution is 2.13. The highest BCUT2D eigenvalue weighted by atomic mass is 32.1. The van der Waals surface area contributed by atoms with Crippen molar-refractivity contribution in [3.8, 4) is 5.75 Å². The molecule has 0 aliphatic carbocycles. The largest absolute Gasteiger partial charge is 0.494 e. The number of nitrogens with one attached hydrogen (secondary N) is 2. The molecule has 0 spiro atoms. The Morgan fingerprint density at radius 2 is 1.80 bits per heavy atom. The Morgan fingerprint density at radius 3 is 2.44 bits per heavy atom. The zero-order valence-corrected chi connectivity index (χ0v) is 15.0. The molecule has 0 aromatic heterocycles. The zero-order chi connectivity index (χ0) is 18.2. The fraction of sp³-hybridized carbons (Fsp3) is 0.211. The van der Waals surface area contributed by atoms with Crippen LogP contribution in [-0.4, -0.2) is 23.4 Å². The van der Waals surface area contributed by atoms with E-state index in [1.807, 2.05) is 6.92 Å². The first kappa shape index (κ1) is 18.6. The Hall–Kier alpha value is -2.73. The number of thiocarbonyl (C=S) groups is 1. The van der Waals surface area contributed by atoms with E-state index in [4.69, 9.17) is 17.0 Å². The van der Waals surface area contributed by atoms with Gasteiger partial charge in [-0.15, -0.1) is 0 Å². The van der Waals surface area contributed by atoms with Crippen LogP contribution in [0.3, 0.4) is 0 Å². The standard InChI is InChI=1S/C19H20N2O3S/c1-3-11-24-17-9-7-14(8-10-17)18(23)21-19(25)20-16-6-4-5-15(12-16)13(2)22/h4-10,12H,3,11H2,1-2H3,(H2,20,21,23,25). The summed E-state index contributed by atoms with van der Waals surface area (Å²) in [7, 11) is 0. The quantitative estimate of drug-likeness (QED) is 0.609. The fourth-order valence-corrected chi connectivity index (χ4v) is 2.29. The number of carbonyl (C=O) groups excluding carboxylic acids is 2. The molecule has 0 heterocycles. The van der Waals surface area contributed by atoms with Gasteiger partial charge in [-0.1, -0.05) is 19.1 Å². The summed E-state index contributed by atoms with van der Waals surface area (Å²) in [4.78, 5) is 23.6. The molecule has 130 valence electrons. The number of anilines is 1. The number of hydrogen-bond acceptors (Lipinski definition) is 4. The minimum absolute atomic E-state index is 0.0380. The Bertz CT molecular complexity index is 772. The molecule has 0 unspecified atom stereocenters. The lowest BCUT2D eigenvalue weighted by atomic mass is 10.1. The number of ether oxygens (including phenoxy) is 1. The smallest absolute Gasteiger partial charge is 0.257 e. The lowest BCUT2D eigenvalue weighted by Crippen LogP contribution is -2.34. The molecule has 2 rings (SSSR count). The van der Waals surface area contributed by atoms with E-state index in [9.17, 15) is 9.59 Å². The summed E-state index contributed by atoms with van der Waals surface area (Å²) in [6.45, 7) is 4.16. The molecule has 0 aliphatic rings. The molecular weight excluding hydrogens is 336 g/mol. The van der Waals surface area contributed by atoms with Crippen molar-refractivity contribution in [1.29, 1.82) is 0 Å². The molecule has 0 saturated carbocycles. The minimum atomic E-state index is -0.317. The van der Waals surface area contributed by atoms with E-state index >= 15 is 0 Å². The van der Waals surface area contributed by atoms with Gasteiger partial charge >= 0.3 is 0 Å². The van der Waals surface area contributed by atoms with E-state index in [1.165, 1.54) is 6.92 Å². The molecule has 6 heteroatoms. The van der Waals surface area contributed by atoms with Crippen LogP contribution in [0.15, 0.2) is 48.5 Å². The predicted octanol–water partition coefficient (Wildman–Crippen LogP) is 3.80. The minimum Gasteiger partial charge on any atom is -0.494 e. The van der Waals surface area contributed by atoms with Gasteiger partial charge in [-0.3, -0.25) is 14.9 Å². The highest BCUT2D eigenvalue weighted by Gasteiger charge is 2.09. The first-order valence-electron chi connectivity index (χ1n) is 7.96. The Kier molecular flexibility index (Phi) is 6.65. The number of rotatable bonds is 6. The van der Waals surface area contributed by atoms with Crippen LogP contribution in [0.25, 0.3) is 0 Å². The maximum atomic E-state index is 12.2. The van der Waals surface area contributed by atoms with E-state index in [0.29, 0.717) is 23.4 Å². The third-order valence-electron chi connectivity index (χ3n) is 3.34. The van der Waals surface area contributed by atoms with Gasteiger partial charge in [-0.2, -0.15) is 0 Å². The molecule has 2 aromatic carbocycles. The SMILES string of the molecule is CCCOc1ccc(C(=O)NC(=S)Nc2cccc(C(C)=O)c2)cc1. The van der Waals surface area contributed by atoms with Crippen LogP contribution in [0.2, 0.25) is 0 Å². The van der Waals surface area contributed by atoms with E-state index in [-0.39, 0.29) is 16.8 Å². The van der Waals surface area contributed by atoms with E-state index in [2.05, 4.69) is 10.6 Å². The van der Waals surface area contributed by atoms with E-state index < -0.39 is 0 Å². The summed E-state index contributed by atoms with van der Waals surface area (Å²) in [5.74, 6) is 0.367. The van der Waals surface area contributed by atoms with Crippen molar-refractivity contribution in [2.24, 2.45) is 0 Å². The molecule has 25 heavy (non-hydrogen) atoms. The fourth-order valence-electron chi connectivity index (χ4n) is 2.08. The van der Waals surface area contributed by atoms with Crippen molar-refractivity contribution < 1.29 is 14.3 Å². The Morgan fingerprint density at radius 1 is 1.08 bits per heavy atom. The molecule has 2 N–H and O–H groups in total. The van der Waals surface area contributed by atoms with Gasteiger partial charge in [-0.05, 0) is 62.0 Å². The number of Topliss-reactive ketones (excluding diaryl/α,β-unsaturated/α-hetero) is 1. The van der Waals surface area contributed by atoms with Gasteiger partial charge < -0.3 is 10.1 Å². The van der Waals surface area contributed by atoms with Crippen molar-refractivity contribution in [3.63, 3.8) is 0 Å². The van der Waals surface area contributed by atoms with Gasteiger partial charge in [0.2, 0.25) is 0 Å². The summed E-state index contributed by atoms with van der Waals surface area (Å²) < 4.78 is 5.48. The molecule has 2 aromatic rings. The molecule has 0 radical (unpaired) electrons. The number of amides is 1. The Labute approximate surface area is 152 Å². The van der Waals surface area contributed by atoms with Crippen molar-refractivity contribution in [3.05, 3.63) is 59.7 Å².